The summed E-state index contributed by atoms with van der Waals surface area (Å²) in [5.74, 6) is 1.20. The molecule has 0 spiro atoms. The Balaban J connectivity index is 2.05. The minimum Gasteiger partial charge on any atom is -0.493 e. The second-order valence-electron chi connectivity index (χ2n) is 6.83. The molecule has 25 heavy (non-hydrogen) atoms. The van der Waals surface area contributed by atoms with Gasteiger partial charge in [-0.05, 0) is 44.0 Å². The lowest BCUT2D eigenvalue weighted by atomic mass is 10.1. The fourth-order valence-electron chi connectivity index (χ4n) is 3.10. The Morgan fingerprint density at radius 2 is 2.20 bits per heavy atom. The van der Waals surface area contributed by atoms with Crippen LogP contribution in [0.5, 0.6) is 11.5 Å². The molecule has 0 saturated carbocycles. The first-order valence-electron chi connectivity index (χ1n) is 8.98. The molecule has 1 aromatic rings. The van der Waals surface area contributed by atoms with Crippen LogP contribution in [-0.4, -0.2) is 50.2 Å². The Morgan fingerprint density at radius 3 is 2.84 bits per heavy atom. The molecule has 0 radical (unpaired) electrons. The van der Waals surface area contributed by atoms with E-state index < -0.39 is 0 Å². The summed E-state index contributed by atoms with van der Waals surface area (Å²) >= 11 is 6.32. The van der Waals surface area contributed by atoms with Gasteiger partial charge in [-0.1, -0.05) is 32.4 Å². The van der Waals surface area contributed by atoms with Gasteiger partial charge >= 0.3 is 0 Å². The van der Waals surface area contributed by atoms with Gasteiger partial charge in [0.2, 0.25) is 0 Å². The van der Waals surface area contributed by atoms with Crippen LogP contribution < -0.4 is 14.8 Å². The molecule has 1 fully saturated rings. The maximum Gasteiger partial charge on any atom is 0.251 e. The summed E-state index contributed by atoms with van der Waals surface area (Å²) in [6.07, 6.45) is 2.32. The van der Waals surface area contributed by atoms with E-state index in [1.54, 1.807) is 19.2 Å². The summed E-state index contributed by atoms with van der Waals surface area (Å²) in [4.78, 5) is 14.9. The third-order valence-electron chi connectivity index (χ3n) is 4.46. The van der Waals surface area contributed by atoms with Gasteiger partial charge in [0.1, 0.15) is 0 Å². The summed E-state index contributed by atoms with van der Waals surface area (Å²) < 4.78 is 11.1. The molecule has 1 atom stereocenters. The molecule has 2 rings (SSSR count). The van der Waals surface area contributed by atoms with E-state index in [1.807, 2.05) is 0 Å². The van der Waals surface area contributed by atoms with E-state index in [9.17, 15) is 4.79 Å². The predicted octanol–water partition coefficient (Wildman–Crippen LogP) is 3.60. The largest absolute Gasteiger partial charge is 0.493 e. The van der Waals surface area contributed by atoms with Gasteiger partial charge in [0.15, 0.2) is 11.5 Å². The van der Waals surface area contributed by atoms with Gasteiger partial charge in [-0.15, -0.1) is 0 Å². The van der Waals surface area contributed by atoms with E-state index in [0.717, 1.165) is 19.5 Å². The fourth-order valence-corrected chi connectivity index (χ4v) is 3.36. The van der Waals surface area contributed by atoms with E-state index in [-0.39, 0.29) is 5.91 Å². The molecule has 1 aromatic carbocycles. The number of hydrogen-bond donors (Lipinski definition) is 1. The normalized spacial score (nSPS) is 17.8. The van der Waals surface area contributed by atoms with Crippen molar-refractivity contribution < 1.29 is 14.3 Å². The second kappa shape index (κ2) is 9.30. The van der Waals surface area contributed by atoms with Crippen LogP contribution in [0.4, 0.5) is 0 Å². The Hall–Kier alpha value is -1.46. The minimum absolute atomic E-state index is 0.140. The molecule has 1 aliphatic heterocycles. The Labute approximate surface area is 155 Å². The molecule has 1 aliphatic rings. The van der Waals surface area contributed by atoms with Crippen molar-refractivity contribution in [1.29, 1.82) is 0 Å². The molecule has 0 aromatic heterocycles. The molecular formula is C19H29ClN2O3. The van der Waals surface area contributed by atoms with Crippen molar-refractivity contribution in [2.24, 2.45) is 5.92 Å². The highest BCUT2D eigenvalue weighted by Gasteiger charge is 2.24. The van der Waals surface area contributed by atoms with Crippen molar-refractivity contribution in [1.82, 2.24) is 10.2 Å². The third-order valence-corrected chi connectivity index (χ3v) is 4.74. The number of likely N-dealkylation sites (N-methyl/N-ethyl adjacent to an activating group) is 1. The molecule has 0 bridgehead atoms. The van der Waals surface area contributed by atoms with Crippen LogP contribution >= 0.6 is 11.6 Å². The molecule has 140 valence electrons. The first kappa shape index (κ1) is 19.9. The lowest BCUT2D eigenvalue weighted by Crippen LogP contribution is -2.40. The van der Waals surface area contributed by atoms with Crippen molar-refractivity contribution in [3.63, 3.8) is 0 Å². The quantitative estimate of drug-likeness (QED) is 0.761. The number of nitrogens with zero attached hydrogens (tertiary/aromatic N) is 1. The van der Waals surface area contributed by atoms with E-state index in [2.05, 4.69) is 31.0 Å². The molecule has 1 amide bonds. The molecular weight excluding hydrogens is 340 g/mol. The zero-order chi connectivity index (χ0) is 18.4. The number of rotatable bonds is 8. The molecule has 1 saturated heterocycles. The number of likely N-dealkylation sites (tertiary alicyclic amines) is 1. The number of amides is 1. The average Bonchev–Trinajstić information content (AvgIpc) is 3.05. The number of carbonyl (C=O) groups is 1. The summed E-state index contributed by atoms with van der Waals surface area (Å²) in [7, 11) is 1.55. The maximum absolute atomic E-state index is 12.5. The number of halogens is 1. The molecule has 0 aliphatic carbocycles. The van der Waals surface area contributed by atoms with E-state index in [0.29, 0.717) is 47.2 Å². The number of methoxy groups -OCH3 is 1. The maximum atomic E-state index is 12.5. The van der Waals surface area contributed by atoms with Crippen LogP contribution in [0.25, 0.3) is 0 Å². The van der Waals surface area contributed by atoms with Crippen LogP contribution in [0.1, 0.15) is 44.0 Å². The van der Waals surface area contributed by atoms with E-state index in [4.69, 9.17) is 21.1 Å². The SMILES string of the molecule is CCN1CCCC1CNC(=O)c1cc(Cl)c(OCC(C)C)c(OC)c1. The van der Waals surface area contributed by atoms with Gasteiger partial charge < -0.3 is 14.8 Å². The predicted molar refractivity (Wildman–Crippen MR) is 101 cm³/mol. The molecule has 1 N–H and O–H groups in total. The summed E-state index contributed by atoms with van der Waals surface area (Å²) in [6, 6.07) is 3.74. The zero-order valence-corrected chi connectivity index (χ0v) is 16.4. The average molecular weight is 369 g/mol. The number of carbonyl (C=O) groups excluding carboxylic acids is 1. The molecule has 1 heterocycles. The van der Waals surface area contributed by atoms with Gasteiger partial charge in [-0.2, -0.15) is 0 Å². The monoisotopic (exact) mass is 368 g/mol. The summed E-state index contributed by atoms with van der Waals surface area (Å²) in [5, 5.41) is 3.41. The van der Waals surface area contributed by atoms with Crippen molar-refractivity contribution in [2.75, 3.05) is 33.4 Å². The number of ether oxygens (including phenoxy) is 2. The van der Waals surface area contributed by atoms with Gasteiger partial charge in [-0.25, -0.2) is 0 Å². The van der Waals surface area contributed by atoms with Crippen molar-refractivity contribution >= 4 is 17.5 Å². The van der Waals surface area contributed by atoms with Crippen molar-refractivity contribution in [3.05, 3.63) is 22.7 Å². The second-order valence-corrected chi connectivity index (χ2v) is 7.24. The minimum atomic E-state index is -0.140. The van der Waals surface area contributed by atoms with Gasteiger partial charge in [0, 0.05) is 18.2 Å². The van der Waals surface area contributed by atoms with Crippen LogP contribution in [0, 0.1) is 5.92 Å². The Bertz CT molecular complexity index is 592. The lowest BCUT2D eigenvalue weighted by Gasteiger charge is -2.23. The number of hydrogen-bond acceptors (Lipinski definition) is 4. The van der Waals surface area contributed by atoms with Crippen LogP contribution in [0.15, 0.2) is 12.1 Å². The first-order chi connectivity index (χ1) is 12.0. The lowest BCUT2D eigenvalue weighted by molar-refractivity contribution is 0.0941. The standard InChI is InChI=1S/C19H29ClN2O3/c1-5-22-8-6-7-15(22)11-21-19(23)14-9-16(20)18(17(10-14)24-4)25-12-13(2)3/h9-10,13,15H,5-8,11-12H2,1-4H3,(H,21,23). The summed E-state index contributed by atoms with van der Waals surface area (Å²) in [6.45, 7) is 9.59. The highest BCUT2D eigenvalue weighted by atomic mass is 35.5. The number of nitrogens with one attached hydrogen (secondary N) is 1. The third kappa shape index (κ3) is 5.25. The van der Waals surface area contributed by atoms with Crippen molar-refractivity contribution in [2.45, 2.75) is 39.7 Å². The zero-order valence-electron chi connectivity index (χ0n) is 15.6. The van der Waals surface area contributed by atoms with Crippen LogP contribution in [-0.2, 0) is 0 Å². The first-order valence-corrected chi connectivity index (χ1v) is 9.36. The Kier molecular flexibility index (Phi) is 7.38. The smallest absolute Gasteiger partial charge is 0.251 e. The number of benzene rings is 1. The fraction of sp³-hybridized carbons (Fsp3) is 0.632. The highest BCUT2D eigenvalue weighted by Crippen LogP contribution is 2.36. The van der Waals surface area contributed by atoms with E-state index in [1.165, 1.54) is 6.42 Å². The van der Waals surface area contributed by atoms with Crippen LogP contribution in [0.3, 0.4) is 0 Å². The van der Waals surface area contributed by atoms with E-state index >= 15 is 0 Å². The topological polar surface area (TPSA) is 50.8 Å². The van der Waals surface area contributed by atoms with Gasteiger partial charge in [0.25, 0.3) is 5.91 Å². The molecule has 1 unspecified atom stereocenters. The Morgan fingerprint density at radius 1 is 1.44 bits per heavy atom. The summed E-state index contributed by atoms with van der Waals surface area (Å²) in [5.41, 5.74) is 0.486. The van der Waals surface area contributed by atoms with Gasteiger partial charge in [-0.3, -0.25) is 9.69 Å². The molecule has 5 nitrogen and oxygen atoms in total. The molecule has 6 heteroatoms. The highest BCUT2D eigenvalue weighted by molar-refractivity contribution is 6.32. The van der Waals surface area contributed by atoms with Crippen molar-refractivity contribution in [3.8, 4) is 11.5 Å². The van der Waals surface area contributed by atoms with Gasteiger partial charge in [0.05, 0.1) is 18.7 Å². The van der Waals surface area contributed by atoms with Crippen LogP contribution in [0.2, 0.25) is 5.02 Å².